The molecule has 0 N–H and O–H groups in total. The highest BCUT2D eigenvalue weighted by Crippen LogP contribution is 1.83. The Morgan fingerprint density at radius 2 is 2.57 bits per heavy atom. The van der Waals surface area contributed by atoms with Gasteiger partial charge in [0.2, 0.25) is 0 Å². The highest BCUT2D eigenvalue weighted by Gasteiger charge is 2.20. The predicted molar refractivity (Wildman–Crippen MR) is 22.0 cm³/mol. The van der Waals surface area contributed by atoms with E-state index in [9.17, 15) is 9.70 Å². The Bertz CT molecular complexity index is 133. The monoisotopic (exact) mass is 99.0 g/mol. The molecule has 0 fully saturated rings. The van der Waals surface area contributed by atoms with Crippen molar-refractivity contribution in [3.63, 3.8) is 0 Å². The van der Waals surface area contributed by atoms with E-state index in [4.69, 9.17) is 0 Å². The normalized spacial score (nSPS) is 18.9. The summed E-state index contributed by atoms with van der Waals surface area (Å²) < 4.78 is 0. The van der Waals surface area contributed by atoms with Gasteiger partial charge in [0, 0.05) is 5.10 Å². The number of hydrazone groups is 1. The maximum Gasteiger partial charge on any atom is 0.291 e. The zero-order chi connectivity index (χ0) is 5.28. The third-order valence-electron chi connectivity index (χ3n) is 0.622. The van der Waals surface area contributed by atoms with Crippen molar-refractivity contribution in [2.45, 2.75) is 0 Å². The molecule has 1 heterocycles. The highest BCUT2D eigenvalue weighted by molar-refractivity contribution is 6.28. The number of nitroso groups, excluding NO2 is 1. The Kier molecular flexibility index (Phi) is 0.714. The van der Waals surface area contributed by atoms with Crippen LogP contribution in [0.25, 0.3) is 0 Å². The van der Waals surface area contributed by atoms with E-state index in [1.165, 1.54) is 0 Å². The zero-order valence-electron chi connectivity index (χ0n) is 3.50. The van der Waals surface area contributed by atoms with Crippen LogP contribution in [-0.2, 0) is 4.79 Å². The van der Waals surface area contributed by atoms with Gasteiger partial charge in [0.15, 0.2) is 4.87 Å². The summed E-state index contributed by atoms with van der Waals surface area (Å²) in [6.07, 6.45) is 1.02. The number of carbonyl (C=O) groups excluding carboxylic acids is 1. The third kappa shape index (κ3) is 0.677. The van der Waals surface area contributed by atoms with Gasteiger partial charge in [-0.15, -0.1) is 0 Å². The quantitative estimate of drug-likeness (QED) is 0.378. The fourth-order valence-corrected chi connectivity index (χ4v) is 0.344. The van der Waals surface area contributed by atoms with E-state index in [-0.39, 0.29) is 12.3 Å². The van der Waals surface area contributed by atoms with Gasteiger partial charge in [-0.2, -0.15) is 0 Å². The van der Waals surface area contributed by atoms with Crippen molar-refractivity contribution in [3.8, 4) is 0 Å². The molecule has 4 heteroatoms. The van der Waals surface area contributed by atoms with Crippen LogP contribution >= 0.6 is 0 Å². The topological polar surface area (TPSA) is 49.5 Å². The number of carbonyl (C=O) groups is 1. The second kappa shape index (κ2) is 1.22. The van der Waals surface area contributed by atoms with Crippen molar-refractivity contribution in [2.24, 2.45) is 5.10 Å². The SMILES string of the molecule is O=C1C=N[N+](=O)C1. The molecule has 0 saturated carbocycles. The smallest absolute Gasteiger partial charge is 0.285 e. The van der Waals surface area contributed by atoms with Crippen LogP contribution in [0.15, 0.2) is 5.10 Å². The van der Waals surface area contributed by atoms with Crippen LogP contribution in [0.5, 0.6) is 0 Å². The van der Waals surface area contributed by atoms with Gasteiger partial charge in [-0.3, -0.25) is 4.79 Å². The van der Waals surface area contributed by atoms with E-state index < -0.39 is 0 Å². The number of hydrogen-bond acceptors (Lipinski definition) is 2. The van der Waals surface area contributed by atoms with E-state index in [1.54, 1.807) is 0 Å². The molecule has 0 aromatic heterocycles. The summed E-state index contributed by atoms with van der Waals surface area (Å²) in [5.41, 5.74) is 0. The Labute approximate surface area is 39.4 Å². The van der Waals surface area contributed by atoms with Gasteiger partial charge in [0.05, 0.1) is 4.91 Å². The lowest BCUT2D eigenvalue weighted by Gasteiger charge is -1.61. The maximum atomic E-state index is 10.1. The summed E-state index contributed by atoms with van der Waals surface area (Å²) in [6, 6.07) is 0. The Balaban J connectivity index is 2.76. The summed E-state index contributed by atoms with van der Waals surface area (Å²) >= 11 is 0. The third-order valence-corrected chi connectivity index (χ3v) is 0.622. The molecule has 0 atom stereocenters. The summed E-state index contributed by atoms with van der Waals surface area (Å²) in [5.74, 6) is -0.227. The van der Waals surface area contributed by atoms with Crippen molar-refractivity contribution in [1.29, 1.82) is 0 Å². The highest BCUT2D eigenvalue weighted by atomic mass is 16.3. The van der Waals surface area contributed by atoms with Crippen LogP contribution in [0.3, 0.4) is 0 Å². The van der Waals surface area contributed by atoms with Crippen LogP contribution in [0.2, 0.25) is 0 Å². The van der Waals surface area contributed by atoms with Gasteiger partial charge in [-0.1, -0.05) is 0 Å². The standard InChI is InChI=1S/C3H3N2O2/c6-3-1-4-5(7)2-3/h1H,2H2/q+1. The van der Waals surface area contributed by atoms with Crippen molar-refractivity contribution in [2.75, 3.05) is 6.54 Å². The summed E-state index contributed by atoms with van der Waals surface area (Å²) in [7, 11) is 0. The Morgan fingerprint density at radius 1 is 1.86 bits per heavy atom. The number of nitrogens with zero attached hydrogens (tertiary/aromatic N) is 2. The molecule has 0 aromatic rings. The average Bonchev–Trinajstić information content (AvgIpc) is 1.87. The van der Waals surface area contributed by atoms with Crippen LogP contribution in [0, 0.1) is 4.91 Å². The zero-order valence-corrected chi connectivity index (χ0v) is 3.50. The second-order valence-electron chi connectivity index (χ2n) is 1.22. The molecule has 0 amide bonds. The number of ketones is 1. The number of rotatable bonds is 0. The fraction of sp³-hybridized carbons (Fsp3) is 0.333. The fourth-order valence-electron chi connectivity index (χ4n) is 0.344. The first-order valence-corrected chi connectivity index (χ1v) is 1.80. The molecule has 1 aliphatic rings. The minimum Gasteiger partial charge on any atom is -0.285 e. The van der Waals surface area contributed by atoms with E-state index >= 15 is 0 Å². The molecule has 36 valence electrons. The lowest BCUT2D eigenvalue weighted by Crippen LogP contribution is -2.03. The summed E-state index contributed by atoms with van der Waals surface area (Å²) in [5, 5.41) is 3.12. The molecule has 0 radical (unpaired) electrons. The van der Waals surface area contributed by atoms with Crippen molar-refractivity contribution in [3.05, 3.63) is 4.91 Å². The number of hydrogen-bond donors (Lipinski definition) is 0. The molecule has 0 saturated heterocycles. The molecule has 1 aliphatic heterocycles. The molecular formula is C3H3N2O2+. The van der Waals surface area contributed by atoms with E-state index in [0.29, 0.717) is 4.87 Å². The molecule has 4 nitrogen and oxygen atoms in total. The molecule has 0 aliphatic carbocycles. The lowest BCUT2D eigenvalue weighted by molar-refractivity contribution is -0.536. The molecule has 0 bridgehead atoms. The van der Waals surface area contributed by atoms with Crippen LogP contribution in [0.4, 0.5) is 0 Å². The molecule has 0 aromatic carbocycles. The largest absolute Gasteiger partial charge is 0.291 e. The average molecular weight is 99.1 g/mol. The van der Waals surface area contributed by atoms with E-state index in [2.05, 4.69) is 5.10 Å². The first-order valence-electron chi connectivity index (χ1n) is 1.80. The van der Waals surface area contributed by atoms with Gasteiger partial charge in [0.25, 0.3) is 12.3 Å². The second-order valence-corrected chi connectivity index (χ2v) is 1.22. The minimum atomic E-state index is -0.227. The van der Waals surface area contributed by atoms with Crippen molar-refractivity contribution in [1.82, 2.24) is 0 Å². The van der Waals surface area contributed by atoms with Crippen molar-refractivity contribution >= 4 is 12.0 Å². The Hall–Kier alpha value is -1.06. The first kappa shape index (κ1) is 4.11. The minimum absolute atomic E-state index is 0.111. The van der Waals surface area contributed by atoms with Gasteiger partial charge >= 0.3 is 0 Å². The molecular weight excluding hydrogens is 96.0 g/mol. The van der Waals surface area contributed by atoms with E-state index in [1.807, 2.05) is 0 Å². The van der Waals surface area contributed by atoms with Gasteiger partial charge < -0.3 is 0 Å². The summed E-state index contributed by atoms with van der Waals surface area (Å²) in [4.78, 5) is 20.4. The Morgan fingerprint density at radius 3 is 2.71 bits per heavy atom. The predicted octanol–water partition coefficient (Wildman–Crippen LogP) is -0.666. The molecule has 0 spiro atoms. The lowest BCUT2D eigenvalue weighted by atomic mass is 10.5. The van der Waals surface area contributed by atoms with Crippen LogP contribution < -0.4 is 0 Å². The molecule has 0 unspecified atom stereocenters. The van der Waals surface area contributed by atoms with Gasteiger partial charge in [-0.05, 0) is 0 Å². The van der Waals surface area contributed by atoms with Crippen LogP contribution in [-0.4, -0.2) is 23.4 Å². The summed E-state index contributed by atoms with van der Waals surface area (Å²) in [6.45, 7) is -0.111. The van der Waals surface area contributed by atoms with Crippen LogP contribution in [0.1, 0.15) is 0 Å². The maximum absolute atomic E-state index is 10.1. The number of Topliss-reactive ketones (excluding diaryl/α,β-unsaturated/α-hetero) is 1. The molecule has 1 rings (SSSR count). The van der Waals surface area contributed by atoms with Gasteiger partial charge in [0.1, 0.15) is 6.21 Å². The molecule has 7 heavy (non-hydrogen) atoms. The van der Waals surface area contributed by atoms with Crippen molar-refractivity contribution < 1.29 is 9.66 Å². The van der Waals surface area contributed by atoms with E-state index in [0.717, 1.165) is 6.21 Å². The first-order chi connectivity index (χ1) is 3.29. The van der Waals surface area contributed by atoms with Gasteiger partial charge in [-0.25, -0.2) is 0 Å².